The quantitative estimate of drug-likeness (QED) is 0.345. The Hall–Kier alpha value is -1.59. The fourth-order valence-corrected chi connectivity index (χ4v) is 2.88. The molecule has 2 heterocycles. The molecule has 1 aliphatic rings. The van der Waals surface area contributed by atoms with E-state index in [4.69, 9.17) is 9.73 Å². The zero-order valence-electron chi connectivity index (χ0n) is 17.4. The number of carbonyl (C=O) groups excluding carboxylic acids is 1. The van der Waals surface area contributed by atoms with Gasteiger partial charge >= 0.3 is 6.09 Å². The van der Waals surface area contributed by atoms with E-state index in [2.05, 4.69) is 41.2 Å². The lowest BCUT2D eigenvalue weighted by Crippen LogP contribution is -2.55. The van der Waals surface area contributed by atoms with E-state index in [0.717, 1.165) is 44.3 Å². The van der Waals surface area contributed by atoms with E-state index in [1.165, 1.54) is 0 Å². The van der Waals surface area contributed by atoms with Crippen molar-refractivity contribution in [2.24, 2.45) is 4.99 Å². The van der Waals surface area contributed by atoms with Crippen molar-refractivity contribution in [3.8, 4) is 0 Å². The lowest BCUT2D eigenvalue weighted by Gasteiger charge is -2.36. The van der Waals surface area contributed by atoms with E-state index in [0.29, 0.717) is 32.3 Å². The highest BCUT2D eigenvalue weighted by atomic mass is 127. The molecule has 1 aliphatic heterocycles. The number of nitrogens with zero attached hydrogens (tertiary/aromatic N) is 6. The van der Waals surface area contributed by atoms with Gasteiger partial charge in [-0.05, 0) is 20.3 Å². The molecule has 1 N–H and O–H groups in total. The average Bonchev–Trinajstić information content (AvgIpc) is 3.15. The SMILES string of the molecule is CCOC(=O)N1CCN(C(=NCCn2cnnc2CC)NC(C)CC)CC1.I. The summed E-state index contributed by atoms with van der Waals surface area (Å²) >= 11 is 0. The molecule has 1 atom stereocenters. The van der Waals surface area contributed by atoms with Crippen LogP contribution in [-0.2, 0) is 17.7 Å². The summed E-state index contributed by atoms with van der Waals surface area (Å²) in [7, 11) is 0. The van der Waals surface area contributed by atoms with Crippen LogP contribution >= 0.6 is 24.0 Å². The zero-order chi connectivity index (χ0) is 19.6. The van der Waals surface area contributed by atoms with E-state index in [-0.39, 0.29) is 30.1 Å². The maximum atomic E-state index is 11.9. The van der Waals surface area contributed by atoms with Crippen LogP contribution < -0.4 is 5.32 Å². The Kier molecular flexibility index (Phi) is 11.2. The van der Waals surface area contributed by atoms with Crippen LogP contribution in [0.4, 0.5) is 4.79 Å². The fraction of sp³-hybridized carbons (Fsp3) is 0.778. The molecule has 1 saturated heterocycles. The predicted octanol–water partition coefficient (Wildman–Crippen LogP) is 1.98. The normalized spacial score (nSPS) is 15.8. The predicted molar refractivity (Wildman–Crippen MR) is 120 cm³/mol. The number of aryl methyl sites for hydroxylation is 1. The Morgan fingerprint density at radius 3 is 2.54 bits per heavy atom. The van der Waals surface area contributed by atoms with Crippen LogP contribution in [0.15, 0.2) is 11.3 Å². The summed E-state index contributed by atoms with van der Waals surface area (Å²) in [5, 5.41) is 11.6. The highest BCUT2D eigenvalue weighted by molar-refractivity contribution is 14.0. The van der Waals surface area contributed by atoms with Crippen LogP contribution in [0, 0.1) is 0 Å². The number of amides is 1. The molecule has 0 radical (unpaired) electrons. The van der Waals surface area contributed by atoms with E-state index in [1.54, 1.807) is 11.2 Å². The highest BCUT2D eigenvalue weighted by Crippen LogP contribution is 2.06. The smallest absolute Gasteiger partial charge is 0.409 e. The monoisotopic (exact) mass is 507 g/mol. The second-order valence-corrected chi connectivity index (χ2v) is 6.63. The molecule has 0 aliphatic carbocycles. The summed E-state index contributed by atoms with van der Waals surface area (Å²) in [6.07, 6.45) is 3.41. The second kappa shape index (κ2) is 12.8. The Bertz CT molecular complexity index is 615. The summed E-state index contributed by atoms with van der Waals surface area (Å²) in [5.74, 6) is 1.88. The van der Waals surface area contributed by atoms with E-state index >= 15 is 0 Å². The van der Waals surface area contributed by atoms with E-state index < -0.39 is 0 Å². The van der Waals surface area contributed by atoms with Gasteiger partial charge in [0.15, 0.2) is 5.96 Å². The zero-order valence-corrected chi connectivity index (χ0v) is 19.8. The number of carbonyl (C=O) groups is 1. The molecule has 10 heteroatoms. The largest absolute Gasteiger partial charge is 0.450 e. The van der Waals surface area contributed by atoms with Crippen LogP contribution in [0.3, 0.4) is 0 Å². The molecule has 1 aromatic heterocycles. The van der Waals surface area contributed by atoms with Gasteiger partial charge in [0.2, 0.25) is 0 Å². The molecule has 160 valence electrons. The molecule has 9 nitrogen and oxygen atoms in total. The molecular formula is C18H34IN7O2. The second-order valence-electron chi connectivity index (χ2n) is 6.63. The summed E-state index contributed by atoms with van der Waals surface area (Å²) in [6.45, 7) is 12.8. The van der Waals surface area contributed by atoms with Gasteiger partial charge in [0, 0.05) is 45.2 Å². The van der Waals surface area contributed by atoms with Crippen LogP contribution in [0.5, 0.6) is 0 Å². The maximum absolute atomic E-state index is 11.9. The first-order chi connectivity index (χ1) is 13.1. The molecule has 0 bridgehead atoms. The van der Waals surface area contributed by atoms with Gasteiger partial charge in [0.1, 0.15) is 12.2 Å². The average molecular weight is 507 g/mol. The first-order valence-corrected chi connectivity index (χ1v) is 9.93. The van der Waals surface area contributed by atoms with Gasteiger partial charge < -0.3 is 24.4 Å². The third-order valence-electron chi connectivity index (χ3n) is 4.71. The van der Waals surface area contributed by atoms with Gasteiger partial charge in [-0.2, -0.15) is 0 Å². The molecular weight excluding hydrogens is 473 g/mol. The molecule has 1 unspecified atom stereocenters. The molecule has 2 rings (SSSR count). The molecule has 1 amide bonds. The lowest BCUT2D eigenvalue weighted by molar-refractivity contribution is 0.0913. The third-order valence-corrected chi connectivity index (χ3v) is 4.71. The summed E-state index contributed by atoms with van der Waals surface area (Å²) in [4.78, 5) is 20.7. The van der Waals surface area contributed by atoms with E-state index in [1.807, 2.05) is 11.5 Å². The van der Waals surface area contributed by atoms with Crippen molar-refractivity contribution < 1.29 is 9.53 Å². The number of guanidine groups is 1. The number of aliphatic imine (C=N–C) groups is 1. The van der Waals surface area contributed by atoms with Gasteiger partial charge in [0.05, 0.1) is 13.2 Å². The van der Waals surface area contributed by atoms with Gasteiger partial charge in [0.25, 0.3) is 0 Å². The maximum Gasteiger partial charge on any atom is 0.409 e. The van der Waals surface area contributed by atoms with Crippen molar-refractivity contribution >= 4 is 36.0 Å². The number of rotatable bonds is 7. The Balaban J connectivity index is 0.00000392. The first-order valence-electron chi connectivity index (χ1n) is 9.93. The van der Waals surface area contributed by atoms with Gasteiger partial charge in [-0.15, -0.1) is 34.2 Å². The molecule has 0 saturated carbocycles. The Labute approximate surface area is 184 Å². The third kappa shape index (κ3) is 7.10. The number of halogens is 1. The molecule has 0 spiro atoms. The standard InChI is InChI=1S/C18H33N7O2.HI/c1-5-15(4)21-17(19-8-9-25-14-20-22-16(25)6-2)23-10-12-24(13-11-23)18(26)27-7-3;/h14-15H,5-13H2,1-4H3,(H,19,21);1H. The minimum Gasteiger partial charge on any atom is -0.450 e. The number of piperazine rings is 1. The minimum atomic E-state index is -0.231. The Morgan fingerprint density at radius 2 is 1.93 bits per heavy atom. The number of hydrogen-bond donors (Lipinski definition) is 1. The summed E-state index contributed by atoms with van der Waals surface area (Å²) in [6, 6.07) is 0.341. The van der Waals surface area contributed by atoms with Gasteiger partial charge in [-0.25, -0.2) is 4.79 Å². The first kappa shape index (κ1) is 24.4. The van der Waals surface area contributed by atoms with Crippen molar-refractivity contribution in [2.45, 2.75) is 53.1 Å². The van der Waals surface area contributed by atoms with Crippen LogP contribution in [0.1, 0.15) is 39.9 Å². The van der Waals surface area contributed by atoms with Crippen molar-refractivity contribution in [1.29, 1.82) is 0 Å². The van der Waals surface area contributed by atoms with Crippen LogP contribution in [0.25, 0.3) is 0 Å². The number of ether oxygens (including phenoxy) is 1. The Morgan fingerprint density at radius 1 is 1.25 bits per heavy atom. The van der Waals surface area contributed by atoms with Crippen LogP contribution in [-0.4, -0.2) is 82.0 Å². The van der Waals surface area contributed by atoms with Gasteiger partial charge in [-0.3, -0.25) is 4.99 Å². The molecule has 0 aromatic carbocycles. The molecule has 1 aromatic rings. The summed E-state index contributed by atoms with van der Waals surface area (Å²) < 4.78 is 7.14. The highest BCUT2D eigenvalue weighted by Gasteiger charge is 2.24. The minimum absolute atomic E-state index is 0. The topological polar surface area (TPSA) is 87.9 Å². The van der Waals surface area contributed by atoms with Crippen LogP contribution in [0.2, 0.25) is 0 Å². The van der Waals surface area contributed by atoms with Gasteiger partial charge in [-0.1, -0.05) is 13.8 Å². The number of hydrogen-bond acceptors (Lipinski definition) is 5. The number of aromatic nitrogens is 3. The van der Waals surface area contributed by atoms with E-state index in [9.17, 15) is 4.79 Å². The summed E-state index contributed by atoms with van der Waals surface area (Å²) in [5.41, 5.74) is 0. The van der Waals surface area contributed by atoms with Crippen molar-refractivity contribution in [3.63, 3.8) is 0 Å². The number of nitrogens with one attached hydrogen (secondary N) is 1. The molecule has 1 fully saturated rings. The van der Waals surface area contributed by atoms with Crippen molar-refractivity contribution in [1.82, 2.24) is 29.9 Å². The fourth-order valence-electron chi connectivity index (χ4n) is 2.88. The van der Waals surface area contributed by atoms with Crippen molar-refractivity contribution in [2.75, 3.05) is 39.3 Å². The van der Waals surface area contributed by atoms with Crippen molar-refractivity contribution in [3.05, 3.63) is 12.2 Å². The molecule has 28 heavy (non-hydrogen) atoms. The lowest BCUT2D eigenvalue weighted by atomic mass is 10.2.